The molecule has 1 aromatic rings. The van der Waals surface area contributed by atoms with E-state index in [1.165, 1.54) is 0 Å². The normalized spacial score (nSPS) is 22.4. The molecule has 0 aliphatic carbocycles. The number of piperidine rings is 1. The molecule has 0 aromatic carbocycles. The van der Waals surface area contributed by atoms with Crippen LogP contribution in [0, 0.1) is 12.8 Å². The molecule has 2 heterocycles. The standard InChI is InChI=1S/C16H28N4O/c1-5-8-17-15-12(4)16(19-14(6-2)18-15)20-9-7-13(21)11(3)10-20/h11,13,21H,5-10H2,1-4H3,(H,17,18,19). The van der Waals surface area contributed by atoms with Crippen molar-refractivity contribution in [2.75, 3.05) is 29.9 Å². The molecule has 1 saturated heterocycles. The van der Waals surface area contributed by atoms with Crippen molar-refractivity contribution in [2.45, 2.75) is 53.1 Å². The number of aliphatic hydroxyl groups is 1. The van der Waals surface area contributed by atoms with Crippen molar-refractivity contribution in [1.29, 1.82) is 0 Å². The molecule has 21 heavy (non-hydrogen) atoms. The number of aromatic nitrogens is 2. The van der Waals surface area contributed by atoms with Gasteiger partial charge in [0, 0.05) is 31.6 Å². The Labute approximate surface area is 127 Å². The molecule has 2 unspecified atom stereocenters. The Hall–Kier alpha value is -1.36. The Morgan fingerprint density at radius 2 is 2.10 bits per heavy atom. The maximum Gasteiger partial charge on any atom is 0.137 e. The number of nitrogens with one attached hydrogen (secondary N) is 1. The molecule has 1 aliphatic rings. The van der Waals surface area contributed by atoms with E-state index in [-0.39, 0.29) is 12.0 Å². The third-order valence-corrected chi connectivity index (χ3v) is 4.18. The first kappa shape index (κ1) is 16.0. The van der Waals surface area contributed by atoms with Gasteiger partial charge in [-0.05, 0) is 25.7 Å². The smallest absolute Gasteiger partial charge is 0.137 e. The summed E-state index contributed by atoms with van der Waals surface area (Å²) in [6, 6.07) is 0. The van der Waals surface area contributed by atoms with Gasteiger partial charge in [-0.2, -0.15) is 0 Å². The number of hydrogen-bond acceptors (Lipinski definition) is 5. The second-order valence-corrected chi connectivity index (χ2v) is 6.00. The average Bonchev–Trinajstić information content (AvgIpc) is 2.49. The Bertz CT molecular complexity index is 478. The van der Waals surface area contributed by atoms with E-state index in [0.717, 1.165) is 61.9 Å². The van der Waals surface area contributed by atoms with Gasteiger partial charge in [0.15, 0.2) is 0 Å². The molecule has 2 rings (SSSR count). The summed E-state index contributed by atoms with van der Waals surface area (Å²) < 4.78 is 0. The molecule has 5 nitrogen and oxygen atoms in total. The third-order valence-electron chi connectivity index (χ3n) is 4.18. The van der Waals surface area contributed by atoms with E-state index in [1.807, 2.05) is 0 Å². The summed E-state index contributed by atoms with van der Waals surface area (Å²) in [5.41, 5.74) is 1.12. The minimum atomic E-state index is -0.188. The molecular formula is C16H28N4O. The fraction of sp³-hybridized carbons (Fsp3) is 0.750. The van der Waals surface area contributed by atoms with Crippen LogP contribution in [0.25, 0.3) is 0 Å². The van der Waals surface area contributed by atoms with Gasteiger partial charge in [0.05, 0.1) is 6.10 Å². The van der Waals surface area contributed by atoms with Gasteiger partial charge >= 0.3 is 0 Å². The highest BCUT2D eigenvalue weighted by molar-refractivity contribution is 5.59. The van der Waals surface area contributed by atoms with Crippen molar-refractivity contribution in [2.24, 2.45) is 5.92 Å². The van der Waals surface area contributed by atoms with Crippen LogP contribution in [0.5, 0.6) is 0 Å². The number of rotatable bonds is 5. The summed E-state index contributed by atoms with van der Waals surface area (Å²) in [4.78, 5) is 11.7. The predicted octanol–water partition coefficient (Wildman–Crippen LogP) is 2.38. The quantitative estimate of drug-likeness (QED) is 0.872. The molecule has 0 bridgehead atoms. The summed E-state index contributed by atoms with van der Waals surface area (Å²) in [6.07, 6.45) is 2.53. The molecule has 2 N–H and O–H groups in total. The number of aliphatic hydroxyl groups excluding tert-OH is 1. The molecule has 0 saturated carbocycles. The first-order chi connectivity index (χ1) is 10.1. The molecule has 0 radical (unpaired) electrons. The maximum absolute atomic E-state index is 9.91. The van der Waals surface area contributed by atoms with Crippen molar-refractivity contribution in [1.82, 2.24) is 9.97 Å². The van der Waals surface area contributed by atoms with E-state index < -0.39 is 0 Å². The summed E-state index contributed by atoms with van der Waals surface area (Å²) in [7, 11) is 0. The lowest BCUT2D eigenvalue weighted by molar-refractivity contribution is 0.0968. The topological polar surface area (TPSA) is 61.3 Å². The van der Waals surface area contributed by atoms with Crippen LogP contribution in [0.2, 0.25) is 0 Å². The monoisotopic (exact) mass is 292 g/mol. The molecular weight excluding hydrogens is 264 g/mol. The van der Waals surface area contributed by atoms with Crippen LogP contribution >= 0.6 is 0 Å². The van der Waals surface area contributed by atoms with Gasteiger partial charge in [0.1, 0.15) is 17.5 Å². The van der Waals surface area contributed by atoms with Gasteiger partial charge in [0.2, 0.25) is 0 Å². The highest BCUT2D eigenvalue weighted by Crippen LogP contribution is 2.28. The van der Waals surface area contributed by atoms with E-state index in [4.69, 9.17) is 4.98 Å². The fourth-order valence-corrected chi connectivity index (χ4v) is 2.76. The minimum Gasteiger partial charge on any atom is -0.393 e. The Balaban J connectivity index is 2.29. The molecule has 1 fully saturated rings. The first-order valence-electron chi connectivity index (χ1n) is 8.11. The molecule has 2 atom stereocenters. The summed E-state index contributed by atoms with van der Waals surface area (Å²) in [6.45, 7) is 11.1. The number of hydrogen-bond donors (Lipinski definition) is 2. The van der Waals surface area contributed by atoms with Gasteiger partial charge in [-0.3, -0.25) is 0 Å². The van der Waals surface area contributed by atoms with E-state index in [0.29, 0.717) is 0 Å². The lowest BCUT2D eigenvalue weighted by atomic mass is 9.96. The Kier molecular flexibility index (Phi) is 5.39. The Morgan fingerprint density at radius 3 is 2.71 bits per heavy atom. The van der Waals surface area contributed by atoms with Crippen LogP contribution < -0.4 is 10.2 Å². The molecule has 0 amide bonds. The average molecular weight is 292 g/mol. The number of anilines is 2. The summed E-state index contributed by atoms with van der Waals surface area (Å²) in [5.74, 6) is 3.15. The molecule has 1 aliphatic heterocycles. The van der Waals surface area contributed by atoms with Crippen LogP contribution in [-0.2, 0) is 6.42 Å². The van der Waals surface area contributed by atoms with Crippen LogP contribution in [0.15, 0.2) is 0 Å². The zero-order valence-electron chi connectivity index (χ0n) is 13.7. The maximum atomic E-state index is 9.91. The van der Waals surface area contributed by atoms with Crippen molar-refractivity contribution in [3.8, 4) is 0 Å². The van der Waals surface area contributed by atoms with Gasteiger partial charge in [0.25, 0.3) is 0 Å². The second-order valence-electron chi connectivity index (χ2n) is 6.00. The predicted molar refractivity (Wildman–Crippen MR) is 86.9 cm³/mol. The first-order valence-corrected chi connectivity index (χ1v) is 8.11. The van der Waals surface area contributed by atoms with Gasteiger partial charge < -0.3 is 15.3 Å². The van der Waals surface area contributed by atoms with Crippen molar-refractivity contribution in [3.63, 3.8) is 0 Å². The van der Waals surface area contributed by atoms with Gasteiger partial charge in [-0.15, -0.1) is 0 Å². The molecule has 1 aromatic heterocycles. The van der Waals surface area contributed by atoms with E-state index >= 15 is 0 Å². The van der Waals surface area contributed by atoms with Crippen molar-refractivity contribution in [3.05, 3.63) is 11.4 Å². The van der Waals surface area contributed by atoms with Crippen LogP contribution in [0.3, 0.4) is 0 Å². The zero-order valence-corrected chi connectivity index (χ0v) is 13.7. The number of aryl methyl sites for hydroxylation is 1. The van der Waals surface area contributed by atoms with Crippen LogP contribution in [0.4, 0.5) is 11.6 Å². The van der Waals surface area contributed by atoms with Gasteiger partial charge in [-0.1, -0.05) is 20.8 Å². The summed E-state index contributed by atoms with van der Waals surface area (Å²) >= 11 is 0. The minimum absolute atomic E-state index is 0.188. The van der Waals surface area contributed by atoms with E-state index in [9.17, 15) is 5.11 Å². The second kappa shape index (κ2) is 7.07. The van der Waals surface area contributed by atoms with Crippen LogP contribution in [-0.4, -0.2) is 40.8 Å². The highest BCUT2D eigenvalue weighted by atomic mass is 16.3. The SMILES string of the molecule is CCCNc1nc(CC)nc(N2CCC(O)C(C)C2)c1C. The van der Waals surface area contributed by atoms with Gasteiger partial charge in [-0.25, -0.2) is 9.97 Å². The molecule has 118 valence electrons. The lowest BCUT2D eigenvalue weighted by Gasteiger charge is -2.36. The lowest BCUT2D eigenvalue weighted by Crippen LogP contribution is -2.42. The van der Waals surface area contributed by atoms with E-state index in [1.54, 1.807) is 0 Å². The van der Waals surface area contributed by atoms with Crippen molar-refractivity contribution < 1.29 is 5.11 Å². The van der Waals surface area contributed by atoms with E-state index in [2.05, 4.69) is 42.9 Å². The largest absolute Gasteiger partial charge is 0.393 e. The Morgan fingerprint density at radius 1 is 1.33 bits per heavy atom. The fourth-order valence-electron chi connectivity index (χ4n) is 2.76. The summed E-state index contributed by atoms with van der Waals surface area (Å²) in [5, 5.41) is 13.3. The molecule has 5 heteroatoms. The number of nitrogens with zero attached hydrogens (tertiary/aromatic N) is 3. The zero-order chi connectivity index (χ0) is 15.4. The van der Waals surface area contributed by atoms with Crippen LogP contribution in [0.1, 0.15) is 45.0 Å². The highest BCUT2D eigenvalue weighted by Gasteiger charge is 2.26. The molecule has 0 spiro atoms. The van der Waals surface area contributed by atoms with Crippen molar-refractivity contribution >= 4 is 11.6 Å². The third kappa shape index (κ3) is 3.64.